The lowest BCUT2D eigenvalue weighted by Gasteiger charge is -2.40. The quantitative estimate of drug-likeness (QED) is 0.915. The largest absolute Gasteiger partial charge is 0.493 e. The van der Waals surface area contributed by atoms with Crippen molar-refractivity contribution in [3.63, 3.8) is 0 Å². The molecule has 1 aliphatic rings. The van der Waals surface area contributed by atoms with E-state index in [-0.39, 0.29) is 11.5 Å². The van der Waals surface area contributed by atoms with Gasteiger partial charge in [0.15, 0.2) is 11.5 Å². The number of methoxy groups -OCH3 is 1. The molecular weight excluding hydrogens is 252 g/mol. The van der Waals surface area contributed by atoms with Crippen molar-refractivity contribution in [2.45, 2.75) is 58.7 Å². The summed E-state index contributed by atoms with van der Waals surface area (Å²) in [6.07, 6.45) is 3.40. The third-order valence-corrected chi connectivity index (χ3v) is 4.38. The van der Waals surface area contributed by atoms with Crippen LogP contribution < -0.4 is 9.47 Å². The highest BCUT2D eigenvalue weighted by Gasteiger charge is 2.39. The van der Waals surface area contributed by atoms with Crippen LogP contribution in [0, 0.1) is 5.41 Å². The lowest BCUT2D eigenvalue weighted by molar-refractivity contribution is -0.0695. The lowest BCUT2D eigenvalue weighted by Crippen LogP contribution is -2.46. The first-order chi connectivity index (χ1) is 9.47. The van der Waals surface area contributed by atoms with Crippen molar-refractivity contribution < 1.29 is 14.6 Å². The highest BCUT2D eigenvalue weighted by Crippen LogP contribution is 2.39. The zero-order valence-corrected chi connectivity index (χ0v) is 13.0. The number of hydrogen-bond acceptors (Lipinski definition) is 3. The van der Waals surface area contributed by atoms with Gasteiger partial charge in [0.05, 0.1) is 13.2 Å². The standard InChI is InChI=1S/C17H26O3/c1-5-12-8-9-13(15(11-12)19-4)20-14-7-6-10-17(2,3)16(14)18/h8-9,11,14,16,18H,5-7,10H2,1-4H3. The van der Waals surface area contributed by atoms with Crippen LogP contribution in [0.2, 0.25) is 0 Å². The molecule has 0 bridgehead atoms. The molecule has 0 spiro atoms. The average Bonchev–Trinajstić information content (AvgIpc) is 2.44. The smallest absolute Gasteiger partial charge is 0.161 e. The summed E-state index contributed by atoms with van der Waals surface area (Å²) in [6, 6.07) is 6.01. The van der Waals surface area contributed by atoms with Crippen LogP contribution in [-0.4, -0.2) is 24.4 Å². The van der Waals surface area contributed by atoms with Gasteiger partial charge in [0.2, 0.25) is 0 Å². The Labute approximate surface area is 121 Å². The fourth-order valence-corrected chi connectivity index (χ4v) is 2.88. The second-order valence-corrected chi connectivity index (χ2v) is 6.32. The second kappa shape index (κ2) is 6.04. The van der Waals surface area contributed by atoms with Gasteiger partial charge in [-0.2, -0.15) is 0 Å². The molecule has 0 amide bonds. The first kappa shape index (κ1) is 15.2. The molecule has 0 saturated heterocycles. The number of benzene rings is 1. The van der Waals surface area contributed by atoms with Crippen LogP contribution in [0.4, 0.5) is 0 Å². The Bertz CT molecular complexity index is 454. The fraction of sp³-hybridized carbons (Fsp3) is 0.647. The number of ether oxygens (including phenoxy) is 2. The summed E-state index contributed by atoms with van der Waals surface area (Å²) in [4.78, 5) is 0. The Hall–Kier alpha value is -1.22. The summed E-state index contributed by atoms with van der Waals surface area (Å²) in [6.45, 7) is 6.32. The zero-order valence-electron chi connectivity index (χ0n) is 13.0. The molecule has 2 unspecified atom stereocenters. The average molecular weight is 278 g/mol. The summed E-state index contributed by atoms with van der Waals surface area (Å²) in [7, 11) is 1.66. The summed E-state index contributed by atoms with van der Waals surface area (Å²) in [5, 5.41) is 10.5. The minimum atomic E-state index is -0.438. The molecule has 1 N–H and O–H groups in total. The SMILES string of the molecule is CCc1ccc(OC2CCCC(C)(C)C2O)c(OC)c1. The van der Waals surface area contributed by atoms with Crippen LogP contribution in [-0.2, 0) is 6.42 Å². The van der Waals surface area contributed by atoms with Crippen molar-refractivity contribution in [2.75, 3.05) is 7.11 Å². The molecule has 0 heterocycles. The maximum Gasteiger partial charge on any atom is 0.161 e. The molecule has 0 radical (unpaired) electrons. The van der Waals surface area contributed by atoms with E-state index in [0.717, 1.165) is 37.2 Å². The third kappa shape index (κ3) is 3.09. The predicted molar refractivity (Wildman–Crippen MR) is 80.4 cm³/mol. The van der Waals surface area contributed by atoms with Gasteiger partial charge in [-0.05, 0) is 48.8 Å². The molecular formula is C17H26O3. The van der Waals surface area contributed by atoms with E-state index in [1.807, 2.05) is 12.1 Å². The summed E-state index contributed by atoms with van der Waals surface area (Å²) < 4.78 is 11.5. The van der Waals surface area contributed by atoms with Gasteiger partial charge < -0.3 is 14.6 Å². The Balaban J connectivity index is 2.17. The molecule has 3 heteroatoms. The molecule has 2 atom stereocenters. The van der Waals surface area contributed by atoms with Crippen molar-refractivity contribution in [1.82, 2.24) is 0 Å². The number of hydrogen-bond donors (Lipinski definition) is 1. The monoisotopic (exact) mass is 278 g/mol. The number of rotatable bonds is 4. The molecule has 0 aliphatic heterocycles. The van der Waals surface area contributed by atoms with E-state index in [1.165, 1.54) is 5.56 Å². The first-order valence-electron chi connectivity index (χ1n) is 7.49. The number of aryl methyl sites for hydroxylation is 1. The Kier molecular flexibility index (Phi) is 4.59. The minimum absolute atomic E-state index is 0.0838. The van der Waals surface area contributed by atoms with Gasteiger partial charge in [-0.1, -0.05) is 26.8 Å². The molecule has 1 fully saturated rings. The van der Waals surface area contributed by atoms with Crippen molar-refractivity contribution in [2.24, 2.45) is 5.41 Å². The molecule has 3 nitrogen and oxygen atoms in total. The van der Waals surface area contributed by atoms with E-state index >= 15 is 0 Å². The lowest BCUT2D eigenvalue weighted by atomic mass is 9.73. The van der Waals surface area contributed by atoms with Crippen LogP contribution in [0.25, 0.3) is 0 Å². The molecule has 2 rings (SSSR count). The molecule has 0 aromatic heterocycles. The van der Waals surface area contributed by atoms with Gasteiger partial charge in [0.25, 0.3) is 0 Å². The molecule has 1 saturated carbocycles. The van der Waals surface area contributed by atoms with Crippen molar-refractivity contribution in [3.8, 4) is 11.5 Å². The Morgan fingerprint density at radius 2 is 2.05 bits per heavy atom. The van der Waals surface area contributed by atoms with E-state index in [9.17, 15) is 5.11 Å². The molecule has 1 aromatic rings. The highest BCUT2D eigenvalue weighted by molar-refractivity contribution is 5.43. The summed E-state index contributed by atoms with van der Waals surface area (Å²) in [5.41, 5.74) is 1.14. The van der Waals surface area contributed by atoms with Crippen LogP contribution in [0.15, 0.2) is 18.2 Å². The van der Waals surface area contributed by atoms with Crippen molar-refractivity contribution in [3.05, 3.63) is 23.8 Å². The number of aliphatic hydroxyl groups excluding tert-OH is 1. The van der Waals surface area contributed by atoms with E-state index in [4.69, 9.17) is 9.47 Å². The Morgan fingerprint density at radius 3 is 2.70 bits per heavy atom. The van der Waals surface area contributed by atoms with Gasteiger partial charge in [-0.25, -0.2) is 0 Å². The maximum absolute atomic E-state index is 10.5. The van der Waals surface area contributed by atoms with E-state index in [2.05, 4.69) is 26.8 Å². The molecule has 1 aliphatic carbocycles. The van der Waals surface area contributed by atoms with Gasteiger partial charge in [0, 0.05) is 0 Å². The molecule has 1 aromatic carbocycles. The zero-order chi connectivity index (χ0) is 14.8. The maximum atomic E-state index is 10.5. The normalized spacial score (nSPS) is 25.2. The minimum Gasteiger partial charge on any atom is -0.493 e. The van der Waals surface area contributed by atoms with E-state index in [1.54, 1.807) is 7.11 Å². The predicted octanol–water partition coefficient (Wildman–Crippen LogP) is 3.58. The van der Waals surface area contributed by atoms with Gasteiger partial charge in [-0.15, -0.1) is 0 Å². The van der Waals surface area contributed by atoms with Crippen LogP contribution in [0.3, 0.4) is 0 Å². The van der Waals surface area contributed by atoms with E-state index < -0.39 is 6.10 Å². The fourth-order valence-electron chi connectivity index (χ4n) is 2.88. The number of aliphatic hydroxyl groups is 1. The Morgan fingerprint density at radius 1 is 1.30 bits per heavy atom. The van der Waals surface area contributed by atoms with Gasteiger partial charge in [-0.3, -0.25) is 0 Å². The topological polar surface area (TPSA) is 38.7 Å². The van der Waals surface area contributed by atoms with Gasteiger partial charge >= 0.3 is 0 Å². The molecule has 20 heavy (non-hydrogen) atoms. The molecule has 112 valence electrons. The van der Waals surface area contributed by atoms with E-state index in [0.29, 0.717) is 0 Å². The highest BCUT2D eigenvalue weighted by atomic mass is 16.5. The van der Waals surface area contributed by atoms with Crippen LogP contribution >= 0.6 is 0 Å². The van der Waals surface area contributed by atoms with Crippen molar-refractivity contribution in [1.29, 1.82) is 0 Å². The first-order valence-corrected chi connectivity index (χ1v) is 7.49. The second-order valence-electron chi connectivity index (χ2n) is 6.32. The summed E-state index contributed by atoms with van der Waals surface area (Å²) >= 11 is 0. The third-order valence-electron chi connectivity index (χ3n) is 4.38. The van der Waals surface area contributed by atoms with Crippen molar-refractivity contribution >= 4 is 0 Å². The van der Waals surface area contributed by atoms with Crippen LogP contribution in [0.5, 0.6) is 11.5 Å². The summed E-state index contributed by atoms with van der Waals surface area (Å²) in [5.74, 6) is 1.48. The van der Waals surface area contributed by atoms with Crippen LogP contribution in [0.1, 0.15) is 45.6 Å². The van der Waals surface area contributed by atoms with Gasteiger partial charge in [0.1, 0.15) is 6.10 Å².